The van der Waals surface area contributed by atoms with E-state index >= 15 is 0 Å². The van der Waals surface area contributed by atoms with Crippen LogP contribution < -0.4 is 10.5 Å². The maximum Gasteiger partial charge on any atom is 0.134 e. The average Bonchev–Trinajstić information content (AvgIpc) is 2.42. The number of hydrogen-bond donors (Lipinski definition) is 1. The Balaban J connectivity index is 2.71. The van der Waals surface area contributed by atoms with E-state index in [1.165, 1.54) is 0 Å². The summed E-state index contributed by atoms with van der Waals surface area (Å²) >= 11 is 0. The maximum atomic E-state index is 5.86. The lowest BCUT2D eigenvalue weighted by Gasteiger charge is -2.15. The van der Waals surface area contributed by atoms with Gasteiger partial charge in [0.25, 0.3) is 0 Å². The van der Waals surface area contributed by atoms with Crippen molar-refractivity contribution in [3.8, 4) is 17.6 Å². The molecule has 0 saturated carbocycles. The molecular weight excluding hydrogens is 250 g/mol. The van der Waals surface area contributed by atoms with Gasteiger partial charge in [-0.2, -0.15) is 0 Å². The van der Waals surface area contributed by atoms with E-state index in [1.54, 1.807) is 7.11 Å². The normalized spacial score (nSPS) is 11.9. The third-order valence-corrected chi connectivity index (χ3v) is 2.93. The van der Waals surface area contributed by atoms with Crippen molar-refractivity contribution in [2.75, 3.05) is 13.7 Å². The van der Waals surface area contributed by atoms with Crippen molar-refractivity contribution in [1.82, 2.24) is 0 Å². The predicted molar refractivity (Wildman–Crippen MR) is 82.6 cm³/mol. The maximum absolute atomic E-state index is 5.86. The van der Waals surface area contributed by atoms with Crippen LogP contribution in [0, 0.1) is 17.8 Å². The van der Waals surface area contributed by atoms with Crippen LogP contribution in [0.4, 0.5) is 0 Å². The highest BCUT2D eigenvalue weighted by Gasteiger charge is 2.07. The molecule has 1 aromatic rings. The second-order valence-corrected chi connectivity index (χ2v) is 5.29. The van der Waals surface area contributed by atoms with Crippen LogP contribution in [0.5, 0.6) is 5.75 Å². The van der Waals surface area contributed by atoms with E-state index in [0.29, 0.717) is 19.1 Å². The molecule has 1 unspecified atom stereocenters. The second kappa shape index (κ2) is 8.63. The van der Waals surface area contributed by atoms with Crippen molar-refractivity contribution in [2.45, 2.75) is 39.9 Å². The van der Waals surface area contributed by atoms with Gasteiger partial charge in [0, 0.05) is 0 Å². The molecule has 3 heteroatoms. The van der Waals surface area contributed by atoms with E-state index < -0.39 is 0 Å². The quantitative estimate of drug-likeness (QED) is 0.812. The first-order valence-corrected chi connectivity index (χ1v) is 7.04. The van der Waals surface area contributed by atoms with Crippen molar-refractivity contribution >= 4 is 0 Å². The van der Waals surface area contributed by atoms with Gasteiger partial charge in [-0.1, -0.05) is 31.8 Å². The fourth-order valence-electron chi connectivity index (χ4n) is 2.06. The summed E-state index contributed by atoms with van der Waals surface area (Å²) in [6.07, 6.45) is 1.33. The topological polar surface area (TPSA) is 44.5 Å². The summed E-state index contributed by atoms with van der Waals surface area (Å²) < 4.78 is 11.1. The summed E-state index contributed by atoms with van der Waals surface area (Å²) in [5, 5.41) is 0. The van der Waals surface area contributed by atoms with Gasteiger partial charge in [-0.05, 0) is 37.0 Å². The van der Waals surface area contributed by atoms with Gasteiger partial charge in [0.15, 0.2) is 0 Å². The van der Waals surface area contributed by atoms with Crippen molar-refractivity contribution in [3.63, 3.8) is 0 Å². The van der Waals surface area contributed by atoms with Crippen LogP contribution in [0.2, 0.25) is 0 Å². The highest BCUT2D eigenvalue weighted by atomic mass is 16.5. The van der Waals surface area contributed by atoms with Gasteiger partial charge < -0.3 is 15.2 Å². The van der Waals surface area contributed by atoms with Gasteiger partial charge in [0.05, 0.1) is 31.9 Å². The van der Waals surface area contributed by atoms with E-state index in [4.69, 9.17) is 15.2 Å². The largest absolute Gasteiger partial charge is 0.495 e. The number of hydrogen-bond acceptors (Lipinski definition) is 3. The van der Waals surface area contributed by atoms with E-state index in [2.05, 4.69) is 32.6 Å². The standard InChI is InChI=1S/C17H25NO2/c1-13(2)10-14(3)20-12-15-7-8-17(19-4)16(11-15)6-5-9-18/h7-8,11,13-14H,9-10,12,18H2,1-4H3. The molecule has 1 atom stereocenters. The minimum Gasteiger partial charge on any atom is -0.495 e. The number of methoxy groups -OCH3 is 1. The monoisotopic (exact) mass is 275 g/mol. The Bertz CT molecular complexity index is 472. The summed E-state index contributed by atoms with van der Waals surface area (Å²) in [5.41, 5.74) is 7.37. The molecule has 0 aromatic heterocycles. The van der Waals surface area contributed by atoms with Gasteiger partial charge in [-0.3, -0.25) is 0 Å². The van der Waals surface area contributed by atoms with Crippen LogP contribution in [-0.2, 0) is 11.3 Å². The van der Waals surface area contributed by atoms with E-state index in [1.807, 2.05) is 18.2 Å². The third kappa shape index (κ3) is 5.64. The summed E-state index contributed by atoms with van der Waals surface area (Å²) in [6.45, 7) is 7.45. The first-order valence-electron chi connectivity index (χ1n) is 7.04. The summed E-state index contributed by atoms with van der Waals surface area (Å²) in [7, 11) is 1.64. The molecule has 1 aromatic carbocycles. The molecule has 0 aliphatic carbocycles. The lowest BCUT2D eigenvalue weighted by molar-refractivity contribution is 0.0397. The van der Waals surface area contributed by atoms with Crippen molar-refractivity contribution in [2.24, 2.45) is 11.7 Å². The van der Waals surface area contributed by atoms with Crippen LogP contribution in [-0.4, -0.2) is 19.8 Å². The molecular formula is C17H25NO2. The zero-order valence-corrected chi connectivity index (χ0v) is 12.9. The minimum atomic E-state index is 0.260. The Morgan fingerprint density at radius 2 is 2.00 bits per heavy atom. The van der Waals surface area contributed by atoms with Gasteiger partial charge in [-0.25, -0.2) is 0 Å². The molecule has 0 amide bonds. The van der Waals surface area contributed by atoms with Gasteiger partial charge in [-0.15, -0.1) is 0 Å². The fourth-order valence-corrected chi connectivity index (χ4v) is 2.06. The van der Waals surface area contributed by atoms with Crippen LogP contribution in [0.15, 0.2) is 18.2 Å². The van der Waals surface area contributed by atoms with E-state index in [0.717, 1.165) is 23.3 Å². The third-order valence-electron chi connectivity index (χ3n) is 2.93. The second-order valence-electron chi connectivity index (χ2n) is 5.29. The van der Waals surface area contributed by atoms with Crippen molar-refractivity contribution in [3.05, 3.63) is 29.3 Å². The first-order chi connectivity index (χ1) is 9.56. The molecule has 0 fully saturated rings. The highest BCUT2D eigenvalue weighted by molar-refractivity contribution is 5.48. The zero-order chi connectivity index (χ0) is 15.0. The Hall–Kier alpha value is -1.50. The molecule has 0 heterocycles. The first kappa shape index (κ1) is 16.6. The summed E-state index contributed by atoms with van der Waals surface area (Å²) in [6, 6.07) is 5.93. The Morgan fingerprint density at radius 3 is 2.60 bits per heavy atom. The van der Waals surface area contributed by atoms with Gasteiger partial charge in [0.1, 0.15) is 5.75 Å². The molecule has 3 nitrogen and oxygen atoms in total. The lowest BCUT2D eigenvalue weighted by Crippen LogP contribution is -2.11. The Morgan fingerprint density at radius 1 is 1.25 bits per heavy atom. The number of benzene rings is 1. The highest BCUT2D eigenvalue weighted by Crippen LogP contribution is 2.20. The Labute approximate surface area is 122 Å². The SMILES string of the molecule is COc1ccc(COC(C)CC(C)C)cc1C#CCN. The number of ether oxygens (including phenoxy) is 2. The minimum absolute atomic E-state index is 0.260. The van der Waals surface area contributed by atoms with Gasteiger partial charge >= 0.3 is 0 Å². The molecule has 0 saturated heterocycles. The zero-order valence-electron chi connectivity index (χ0n) is 12.9. The van der Waals surface area contributed by atoms with Gasteiger partial charge in [0.2, 0.25) is 0 Å². The van der Waals surface area contributed by atoms with Crippen LogP contribution in [0.3, 0.4) is 0 Å². The smallest absolute Gasteiger partial charge is 0.134 e. The molecule has 110 valence electrons. The van der Waals surface area contributed by atoms with E-state index in [-0.39, 0.29) is 6.10 Å². The molecule has 20 heavy (non-hydrogen) atoms. The van der Waals surface area contributed by atoms with E-state index in [9.17, 15) is 0 Å². The molecule has 0 aliphatic heterocycles. The van der Waals surface area contributed by atoms with Crippen LogP contribution in [0.25, 0.3) is 0 Å². The molecule has 0 spiro atoms. The molecule has 2 N–H and O–H groups in total. The fraction of sp³-hybridized carbons (Fsp3) is 0.529. The lowest BCUT2D eigenvalue weighted by atomic mass is 10.1. The number of nitrogens with two attached hydrogens (primary N) is 1. The average molecular weight is 275 g/mol. The molecule has 0 radical (unpaired) electrons. The number of rotatable bonds is 6. The van der Waals surface area contributed by atoms with Crippen molar-refractivity contribution < 1.29 is 9.47 Å². The van der Waals surface area contributed by atoms with Crippen LogP contribution in [0.1, 0.15) is 38.3 Å². The Kier molecular flexibility index (Phi) is 7.14. The molecule has 1 rings (SSSR count). The van der Waals surface area contributed by atoms with Crippen molar-refractivity contribution in [1.29, 1.82) is 0 Å². The molecule has 0 bridgehead atoms. The summed E-state index contributed by atoms with van der Waals surface area (Å²) in [5.74, 6) is 7.30. The van der Waals surface area contributed by atoms with Crippen LogP contribution >= 0.6 is 0 Å². The summed E-state index contributed by atoms with van der Waals surface area (Å²) in [4.78, 5) is 0. The molecule has 0 aliphatic rings. The predicted octanol–water partition coefficient (Wildman–Crippen LogP) is 2.96.